The number of rotatable bonds is 6. The number of fused-ring (bicyclic) bond motifs is 1. The molecular weight excluding hydrogens is 424 g/mol. The van der Waals surface area contributed by atoms with Crippen molar-refractivity contribution in [3.05, 3.63) is 89.0 Å². The highest BCUT2D eigenvalue weighted by Crippen LogP contribution is 2.24. The predicted octanol–water partition coefficient (Wildman–Crippen LogP) is 4.07. The summed E-state index contributed by atoms with van der Waals surface area (Å²) in [6, 6.07) is 19.9. The van der Waals surface area contributed by atoms with Gasteiger partial charge in [0.15, 0.2) is 6.61 Å². The number of anilines is 1. The number of hydrogen-bond acceptors (Lipinski definition) is 4. The molecule has 0 bridgehead atoms. The molecule has 0 aromatic heterocycles. The summed E-state index contributed by atoms with van der Waals surface area (Å²) in [6.45, 7) is 4.87. The molecule has 166 valence electrons. The number of nitrogens with zero attached hydrogens (tertiary/aromatic N) is 1. The molecule has 0 saturated carbocycles. The highest BCUT2D eigenvalue weighted by atomic mass is 32.2. The fraction of sp³-hybridized carbons (Fsp3) is 0.240. The average molecular weight is 451 g/mol. The van der Waals surface area contributed by atoms with Crippen molar-refractivity contribution in [1.29, 1.82) is 0 Å². The van der Waals surface area contributed by atoms with Crippen LogP contribution < -0.4 is 9.46 Å². The first kappa shape index (κ1) is 21.9. The molecule has 4 rings (SSSR count). The van der Waals surface area contributed by atoms with Crippen LogP contribution in [0.25, 0.3) is 0 Å². The van der Waals surface area contributed by atoms with Gasteiger partial charge in [0.05, 0.1) is 4.90 Å². The van der Waals surface area contributed by atoms with Crippen molar-refractivity contribution in [2.75, 3.05) is 17.9 Å². The van der Waals surface area contributed by atoms with Crippen LogP contribution in [0.4, 0.5) is 5.69 Å². The summed E-state index contributed by atoms with van der Waals surface area (Å²) in [7, 11) is -3.72. The SMILES string of the molecule is Cc1ccc(NS(=O)(=O)c2ccc(OCC(=O)N3CCc4ccccc4C3)c(C)c2)cc1. The molecule has 1 amide bonds. The maximum Gasteiger partial charge on any atom is 0.261 e. The molecule has 3 aromatic carbocycles. The maximum absolute atomic E-state index is 12.7. The Bertz CT molecular complexity index is 1240. The van der Waals surface area contributed by atoms with Gasteiger partial charge < -0.3 is 9.64 Å². The van der Waals surface area contributed by atoms with Crippen LogP contribution in [-0.2, 0) is 27.8 Å². The Kier molecular flexibility index (Phi) is 6.19. The predicted molar refractivity (Wildman–Crippen MR) is 124 cm³/mol. The molecule has 0 fully saturated rings. The molecular formula is C25H26N2O4S. The van der Waals surface area contributed by atoms with Gasteiger partial charge in [0.25, 0.3) is 15.9 Å². The molecule has 1 heterocycles. The third-order valence-electron chi connectivity index (χ3n) is 5.59. The zero-order valence-corrected chi connectivity index (χ0v) is 19.0. The molecule has 0 spiro atoms. The highest BCUT2D eigenvalue weighted by molar-refractivity contribution is 7.92. The maximum atomic E-state index is 12.7. The number of hydrogen-bond donors (Lipinski definition) is 1. The second-order valence-corrected chi connectivity index (χ2v) is 9.70. The van der Waals surface area contributed by atoms with Crippen LogP contribution in [0.3, 0.4) is 0 Å². The molecule has 32 heavy (non-hydrogen) atoms. The molecule has 0 unspecified atom stereocenters. The van der Waals surface area contributed by atoms with Gasteiger partial charge in [-0.1, -0.05) is 42.0 Å². The van der Waals surface area contributed by atoms with E-state index in [0.717, 1.165) is 12.0 Å². The number of benzene rings is 3. The van der Waals surface area contributed by atoms with E-state index in [2.05, 4.69) is 10.8 Å². The first-order valence-corrected chi connectivity index (χ1v) is 12.0. The van der Waals surface area contributed by atoms with Crippen molar-refractivity contribution >= 4 is 21.6 Å². The van der Waals surface area contributed by atoms with Gasteiger partial charge in [-0.2, -0.15) is 0 Å². The van der Waals surface area contributed by atoms with Gasteiger partial charge in [-0.15, -0.1) is 0 Å². The van der Waals surface area contributed by atoms with Gasteiger partial charge in [0.2, 0.25) is 0 Å². The van der Waals surface area contributed by atoms with Gasteiger partial charge in [0.1, 0.15) is 5.75 Å². The van der Waals surface area contributed by atoms with Crippen molar-refractivity contribution in [1.82, 2.24) is 4.90 Å². The standard InChI is InChI=1S/C25H26N2O4S/c1-18-7-9-22(10-8-18)26-32(29,30)23-11-12-24(19(2)15-23)31-17-25(28)27-14-13-20-5-3-4-6-21(20)16-27/h3-12,15,26H,13-14,16-17H2,1-2H3. The lowest BCUT2D eigenvalue weighted by atomic mass is 10.00. The van der Waals surface area contributed by atoms with Crippen molar-refractivity contribution in [3.63, 3.8) is 0 Å². The summed E-state index contributed by atoms with van der Waals surface area (Å²) >= 11 is 0. The lowest BCUT2D eigenvalue weighted by molar-refractivity contribution is -0.134. The van der Waals surface area contributed by atoms with Gasteiger partial charge in [-0.05, 0) is 67.3 Å². The smallest absolute Gasteiger partial charge is 0.261 e. The van der Waals surface area contributed by atoms with E-state index >= 15 is 0 Å². The largest absolute Gasteiger partial charge is 0.483 e. The summed E-state index contributed by atoms with van der Waals surface area (Å²) < 4.78 is 33.7. The van der Waals surface area contributed by atoms with E-state index in [1.54, 1.807) is 36.1 Å². The Balaban J connectivity index is 1.39. The number of aryl methyl sites for hydroxylation is 2. The van der Waals surface area contributed by atoms with Crippen LogP contribution in [0.5, 0.6) is 5.75 Å². The van der Waals surface area contributed by atoms with Crippen LogP contribution in [0, 0.1) is 13.8 Å². The summed E-state index contributed by atoms with van der Waals surface area (Å²) in [5, 5.41) is 0. The number of ether oxygens (including phenoxy) is 1. The van der Waals surface area contributed by atoms with Crippen LogP contribution in [0.1, 0.15) is 22.3 Å². The number of sulfonamides is 1. The molecule has 1 N–H and O–H groups in total. The van der Waals surface area contributed by atoms with Crippen molar-refractivity contribution in [2.45, 2.75) is 31.7 Å². The first-order valence-electron chi connectivity index (χ1n) is 10.5. The molecule has 1 aliphatic rings. The quantitative estimate of drug-likeness (QED) is 0.614. The fourth-order valence-electron chi connectivity index (χ4n) is 3.73. The van der Waals surface area contributed by atoms with Crippen LogP contribution in [0.2, 0.25) is 0 Å². The summed E-state index contributed by atoms with van der Waals surface area (Å²) in [5.74, 6) is 0.404. The average Bonchev–Trinajstić information content (AvgIpc) is 2.79. The molecule has 0 radical (unpaired) electrons. The van der Waals surface area contributed by atoms with E-state index in [1.165, 1.54) is 17.2 Å². The van der Waals surface area contributed by atoms with Gasteiger partial charge in [-0.25, -0.2) is 8.42 Å². The fourth-order valence-corrected chi connectivity index (χ4v) is 4.87. The van der Waals surface area contributed by atoms with E-state index in [1.807, 2.05) is 37.3 Å². The Morgan fingerprint density at radius 3 is 2.44 bits per heavy atom. The van der Waals surface area contributed by atoms with E-state index < -0.39 is 10.0 Å². The van der Waals surface area contributed by atoms with Crippen LogP contribution in [-0.4, -0.2) is 32.4 Å². The molecule has 1 aliphatic heterocycles. The number of amides is 1. The second kappa shape index (κ2) is 9.04. The lowest BCUT2D eigenvalue weighted by Gasteiger charge is -2.28. The Hall–Kier alpha value is -3.32. The minimum Gasteiger partial charge on any atom is -0.483 e. The van der Waals surface area contributed by atoms with Gasteiger partial charge in [-0.3, -0.25) is 9.52 Å². The Morgan fingerprint density at radius 1 is 1.00 bits per heavy atom. The normalized spacial score (nSPS) is 13.4. The van der Waals surface area contributed by atoms with E-state index in [4.69, 9.17) is 4.74 Å². The van der Waals surface area contributed by atoms with Crippen molar-refractivity contribution in [2.24, 2.45) is 0 Å². The zero-order chi connectivity index (χ0) is 22.7. The molecule has 0 atom stereocenters. The van der Waals surface area contributed by atoms with Crippen molar-refractivity contribution < 1.29 is 17.9 Å². The zero-order valence-electron chi connectivity index (χ0n) is 18.2. The third-order valence-corrected chi connectivity index (χ3v) is 6.97. The lowest BCUT2D eigenvalue weighted by Crippen LogP contribution is -2.38. The number of nitrogens with one attached hydrogen (secondary N) is 1. The third kappa shape index (κ3) is 4.94. The monoisotopic (exact) mass is 450 g/mol. The van der Waals surface area contributed by atoms with Crippen LogP contribution >= 0.6 is 0 Å². The molecule has 0 aliphatic carbocycles. The summed E-state index contributed by atoms with van der Waals surface area (Å²) in [4.78, 5) is 14.6. The first-order chi connectivity index (χ1) is 15.3. The molecule has 7 heteroatoms. The number of carbonyl (C=O) groups excluding carboxylic acids is 1. The van der Waals surface area contributed by atoms with E-state index in [-0.39, 0.29) is 17.4 Å². The Labute approximate surface area is 188 Å². The highest BCUT2D eigenvalue weighted by Gasteiger charge is 2.21. The van der Waals surface area contributed by atoms with Crippen molar-refractivity contribution in [3.8, 4) is 5.75 Å². The molecule has 0 saturated heterocycles. The van der Waals surface area contributed by atoms with Gasteiger partial charge in [0, 0.05) is 18.8 Å². The topological polar surface area (TPSA) is 75.7 Å². The molecule has 3 aromatic rings. The molecule has 6 nitrogen and oxygen atoms in total. The Morgan fingerprint density at radius 2 is 1.72 bits per heavy atom. The second-order valence-electron chi connectivity index (χ2n) is 8.02. The van der Waals surface area contributed by atoms with Crippen LogP contribution in [0.15, 0.2) is 71.6 Å². The summed E-state index contributed by atoms with van der Waals surface area (Å²) in [5.41, 5.74) is 4.65. The summed E-state index contributed by atoms with van der Waals surface area (Å²) in [6.07, 6.45) is 0.835. The minimum atomic E-state index is -3.72. The van der Waals surface area contributed by atoms with Gasteiger partial charge >= 0.3 is 0 Å². The minimum absolute atomic E-state index is 0.0864. The van der Waals surface area contributed by atoms with E-state index in [9.17, 15) is 13.2 Å². The number of carbonyl (C=O) groups is 1. The van der Waals surface area contributed by atoms with E-state index in [0.29, 0.717) is 30.1 Å².